The maximum atomic E-state index is 6.52. The fourth-order valence-corrected chi connectivity index (χ4v) is 3.31. The number of rotatable bonds is 11. The quantitative estimate of drug-likeness (QED) is 0.290. The van der Waals surface area contributed by atoms with Gasteiger partial charge in [-0.05, 0) is 51.5 Å². The van der Waals surface area contributed by atoms with E-state index in [-0.39, 0.29) is 6.10 Å². The van der Waals surface area contributed by atoms with Gasteiger partial charge in [-0.1, -0.05) is 13.2 Å². The van der Waals surface area contributed by atoms with Gasteiger partial charge in [0.15, 0.2) is 11.8 Å². The van der Waals surface area contributed by atoms with Crippen LogP contribution in [-0.2, 0) is 7.05 Å². The van der Waals surface area contributed by atoms with Crippen molar-refractivity contribution in [2.24, 2.45) is 22.8 Å². The molecule has 0 aliphatic carbocycles. The number of ether oxygens (including phenoxy) is 1. The zero-order valence-electron chi connectivity index (χ0n) is 22.7. The predicted molar refractivity (Wildman–Crippen MR) is 148 cm³/mol. The largest absolute Gasteiger partial charge is 0.491 e. The first-order valence-electron chi connectivity index (χ1n) is 12.0. The minimum atomic E-state index is -0.00305. The Bertz CT molecular complexity index is 1110. The second-order valence-corrected chi connectivity index (χ2v) is 8.87. The summed E-state index contributed by atoms with van der Waals surface area (Å²) in [6.07, 6.45) is 7.82. The van der Waals surface area contributed by atoms with Gasteiger partial charge in [0.05, 0.1) is 23.8 Å². The lowest BCUT2D eigenvalue weighted by Crippen LogP contribution is -2.40. The molecule has 2 aromatic heterocycles. The molecule has 0 aliphatic rings. The molecule has 0 bridgehead atoms. The molecule has 0 radical (unpaired) electrons. The van der Waals surface area contributed by atoms with E-state index in [1.807, 2.05) is 81.4 Å². The molecule has 0 aliphatic heterocycles. The van der Waals surface area contributed by atoms with Crippen LogP contribution in [0, 0.1) is 6.92 Å². The van der Waals surface area contributed by atoms with E-state index in [1.54, 1.807) is 18.7 Å². The maximum absolute atomic E-state index is 6.52. The average molecular weight is 493 g/mol. The van der Waals surface area contributed by atoms with Crippen LogP contribution < -0.4 is 10.5 Å². The Balaban J connectivity index is 2.36. The molecule has 1 atom stereocenters. The Kier molecular flexibility index (Phi) is 10.5. The van der Waals surface area contributed by atoms with E-state index in [9.17, 15) is 0 Å². The van der Waals surface area contributed by atoms with Crippen LogP contribution in [0.1, 0.15) is 38.6 Å². The van der Waals surface area contributed by atoms with Gasteiger partial charge in [0.1, 0.15) is 11.4 Å². The molecule has 1 unspecified atom stereocenters. The second kappa shape index (κ2) is 13.3. The van der Waals surface area contributed by atoms with Crippen molar-refractivity contribution in [1.29, 1.82) is 0 Å². The normalized spacial score (nSPS) is 13.4. The molecule has 2 heterocycles. The Morgan fingerprint density at radius 2 is 1.92 bits per heavy atom. The smallest absolute Gasteiger partial charge is 0.198 e. The Labute approximate surface area is 215 Å². The number of hydrogen-bond donors (Lipinski definition) is 1. The zero-order valence-corrected chi connectivity index (χ0v) is 22.7. The van der Waals surface area contributed by atoms with Gasteiger partial charge in [0.2, 0.25) is 0 Å². The van der Waals surface area contributed by atoms with Crippen molar-refractivity contribution in [3.05, 3.63) is 78.4 Å². The molecule has 0 aromatic carbocycles. The number of guanidine groups is 1. The molecule has 0 amide bonds. The lowest BCUT2D eigenvalue weighted by Gasteiger charge is -2.24. The van der Waals surface area contributed by atoms with E-state index in [4.69, 9.17) is 20.5 Å². The third-order valence-electron chi connectivity index (χ3n) is 5.59. The average Bonchev–Trinajstić information content (AvgIpc) is 3.16. The molecule has 194 valence electrons. The highest BCUT2D eigenvalue weighted by atomic mass is 16.5. The number of amidine groups is 1. The second-order valence-electron chi connectivity index (χ2n) is 8.87. The molecule has 9 heteroatoms. The standard InChI is InChI=1S/C27H40N8O/c1-10-35(16-13-21(5)36-23-11-14-29-15-12-23)27(28)32-26(25-22(6)30-18-34(25)9)31-24(19(2)3)17-20(4)33(7)8/h11-12,14-15,17-18,21H,2,4,10,13,16H2,1,3,5-9H3,(H2,28,31,32)/b24-17+. The zero-order chi connectivity index (χ0) is 26.8. The van der Waals surface area contributed by atoms with Crippen molar-refractivity contribution in [2.75, 3.05) is 27.2 Å². The first-order valence-corrected chi connectivity index (χ1v) is 12.0. The van der Waals surface area contributed by atoms with E-state index in [1.165, 1.54) is 0 Å². The number of aromatic nitrogens is 3. The molecule has 2 N–H and O–H groups in total. The van der Waals surface area contributed by atoms with Crippen molar-refractivity contribution >= 4 is 11.8 Å². The molecule has 2 rings (SSSR count). The highest BCUT2D eigenvalue weighted by molar-refractivity contribution is 6.06. The van der Waals surface area contributed by atoms with E-state index in [0.29, 0.717) is 30.6 Å². The summed E-state index contributed by atoms with van der Waals surface area (Å²) in [6.45, 7) is 17.5. The van der Waals surface area contributed by atoms with Gasteiger partial charge in [-0.25, -0.2) is 9.98 Å². The highest BCUT2D eigenvalue weighted by Gasteiger charge is 2.17. The number of pyridine rings is 1. The molecule has 0 saturated heterocycles. The number of nitrogens with two attached hydrogens (primary N) is 1. The first kappa shape index (κ1) is 28.4. The van der Waals surface area contributed by atoms with Gasteiger partial charge in [-0.15, -0.1) is 0 Å². The number of imidazole rings is 1. The van der Waals surface area contributed by atoms with Crippen molar-refractivity contribution in [1.82, 2.24) is 24.3 Å². The number of hydrogen-bond acceptors (Lipinski definition) is 5. The summed E-state index contributed by atoms with van der Waals surface area (Å²) in [5.41, 5.74) is 10.4. The summed E-state index contributed by atoms with van der Waals surface area (Å²) < 4.78 is 7.88. The van der Waals surface area contributed by atoms with Crippen molar-refractivity contribution in [3.8, 4) is 5.75 Å². The summed E-state index contributed by atoms with van der Waals surface area (Å²) in [5, 5.41) is 0. The van der Waals surface area contributed by atoms with Crippen LogP contribution >= 0.6 is 0 Å². The van der Waals surface area contributed by atoms with Crippen LogP contribution in [0.5, 0.6) is 5.75 Å². The fraction of sp³-hybridized carbons (Fsp3) is 0.407. The van der Waals surface area contributed by atoms with Gasteiger partial charge in [0, 0.05) is 58.7 Å². The molecule has 9 nitrogen and oxygen atoms in total. The van der Waals surface area contributed by atoms with E-state index < -0.39 is 0 Å². The SMILES string of the molecule is C=C(C)/C(=C\C(=C)N(C)C)N=C(N=C(N)N(CC)CCC(C)Oc1ccncc1)c1c(C)ncn1C. The van der Waals surface area contributed by atoms with E-state index >= 15 is 0 Å². The summed E-state index contributed by atoms with van der Waals surface area (Å²) in [6, 6.07) is 3.70. The van der Waals surface area contributed by atoms with Crippen LogP contribution in [0.4, 0.5) is 0 Å². The Morgan fingerprint density at radius 1 is 1.25 bits per heavy atom. The van der Waals surface area contributed by atoms with Gasteiger partial charge < -0.3 is 24.8 Å². The Morgan fingerprint density at radius 3 is 2.44 bits per heavy atom. The predicted octanol–water partition coefficient (Wildman–Crippen LogP) is 3.90. The van der Waals surface area contributed by atoms with Crippen LogP contribution in [0.15, 0.2) is 77.0 Å². The summed E-state index contributed by atoms with van der Waals surface area (Å²) in [7, 11) is 5.77. The first-order chi connectivity index (χ1) is 17.0. The topological polar surface area (TPSA) is 97.2 Å². The lowest BCUT2D eigenvalue weighted by atomic mass is 10.2. The fourth-order valence-electron chi connectivity index (χ4n) is 3.31. The minimum absolute atomic E-state index is 0.00305. The third kappa shape index (κ3) is 8.11. The van der Waals surface area contributed by atoms with Gasteiger partial charge >= 0.3 is 0 Å². The molecule has 0 saturated carbocycles. The third-order valence-corrected chi connectivity index (χ3v) is 5.59. The highest BCUT2D eigenvalue weighted by Crippen LogP contribution is 2.17. The monoisotopic (exact) mass is 492 g/mol. The number of nitrogens with zero attached hydrogens (tertiary/aromatic N) is 7. The lowest BCUT2D eigenvalue weighted by molar-refractivity contribution is 0.198. The van der Waals surface area contributed by atoms with Crippen LogP contribution in [0.3, 0.4) is 0 Å². The molecule has 0 fully saturated rings. The van der Waals surface area contributed by atoms with Crippen molar-refractivity contribution in [3.63, 3.8) is 0 Å². The summed E-state index contributed by atoms with van der Waals surface area (Å²) in [5.74, 6) is 1.63. The maximum Gasteiger partial charge on any atom is 0.198 e. The van der Waals surface area contributed by atoms with Crippen LogP contribution in [0.2, 0.25) is 0 Å². The number of aliphatic imine (C=N–C) groups is 2. The molecule has 36 heavy (non-hydrogen) atoms. The number of allylic oxidation sites excluding steroid dienone is 2. The van der Waals surface area contributed by atoms with Crippen molar-refractivity contribution < 1.29 is 4.74 Å². The Hall–Kier alpha value is -3.88. The molecule has 0 spiro atoms. The molecular formula is C27H40N8O. The van der Waals surface area contributed by atoms with Crippen LogP contribution in [-0.4, -0.2) is 69.4 Å². The van der Waals surface area contributed by atoms with Gasteiger partial charge in [-0.3, -0.25) is 4.98 Å². The van der Waals surface area contributed by atoms with Crippen molar-refractivity contribution in [2.45, 2.75) is 40.2 Å². The summed E-state index contributed by atoms with van der Waals surface area (Å²) >= 11 is 0. The molecular weight excluding hydrogens is 452 g/mol. The number of aryl methyl sites for hydroxylation is 2. The van der Waals surface area contributed by atoms with E-state index in [0.717, 1.165) is 34.8 Å². The number of likely N-dealkylation sites (N-methyl/N-ethyl adjacent to an activating group) is 1. The molecule has 2 aromatic rings. The van der Waals surface area contributed by atoms with Gasteiger partial charge in [-0.2, -0.15) is 4.99 Å². The minimum Gasteiger partial charge on any atom is -0.491 e. The van der Waals surface area contributed by atoms with Gasteiger partial charge in [0.25, 0.3) is 0 Å². The summed E-state index contributed by atoms with van der Waals surface area (Å²) in [4.78, 5) is 22.0. The van der Waals surface area contributed by atoms with Crippen LogP contribution in [0.25, 0.3) is 0 Å². The van der Waals surface area contributed by atoms with E-state index in [2.05, 4.69) is 23.1 Å².